The van der Waals surface area contributed by atoms with E-state index < -0.39 is 5.82 Å². The van der Waals surface area contributed by atoms with Crippen LogP contribution in [-0.2, 0) is 12.8 Å². The Bertz CT molecular complexity index is 850. The monoisotopic (exact) mass is 369 g/mol. The molecule has 1 N–H and O–H groups in total. The number of urea groups is 1. The van der Waals surface area contributed by atoms with E-state index in [2.05, 4.69) is 10.2 Å². The van der Waals surface area contributed by atoms with E-state index >= 15 is 0 Å². The maximum absolute atomic E-state index is 13.8. The van der Waals surface area contributed by atoms with Gasteiger partial charge in [-0.05, 0) is 43.9 Å². The van der Waals surface area contributed by atoms with Crippen LogP contribution in [0.25, 0.3) is 0 Å². The van der Waals surface area contributed by atoms with Crippen LogP contribution in [0, 0.1) is 12.7 Å². The topological polar surface area (TPSA) is 61.4 Å². The normalized spacial score (nSPS) is 16.8. The molecule has 0 unspecified atom stereocenters. The number of nitrogens with zero attached hydrogens (tertiary/aromatic N) is 4. The highest BCUT2D eigenvalue weighted by molar-refractivity contribution is 5.89. The summed E-state index contributed by atoms with van der Waals surface area (Å²) in [6.45, 7) is 5.17. The first-order valence-corrected chi connectivity index (χ1v) is 9.53. The molecular formula is C20H24FN5O. The number of anilines is 2. The van der Waals surface area contributed by atoms with Crippen LogP contribution in [0.3, 0.4) is 0 Å². The summed E-state index contributed by atoms with van der Waals surface area (Å²) in [7, 11) is 0. The average molecular weight is 369 g/mol. The van der Waals surface area contributed by atoms with E-state index in [1.807, 2.05) is 6.92 Å². The second-order valence-electron chi connectivity index (χ2n) is 7.13. The van der Waals surface area contributed by atoms with Gasteiger partial charge in [-0.3, -0.25) is 0 Å². The van der Waals surface area contributed by atoms with Crippen LogP contribution in [0.5, 0.6) is 0 Å². The molecule has 2 amide bonds. The van der Waals surface area contributed by atoms with Gasteiger partial charge in [0.25, 0.3) is 0 Å². The van der Waals surface area contributed by atoms with E-state index in [0.29, 0.717) is 25.9 Å². The minimum absolute atomic E-state index is 0.205. The largest absolute Gasteiger partial charge is 0.341 e. The van der Waals surface area contributed by atoms with Crippen LogP contribution in [-0.4, -0.2) is 47.1 Å². The number of aryl methyl sites for hydroxylation is 1. The molecule has 0 aliphatic carbocycles. The number of benzene rings is 1. The van der Waals surface area contributed by atoms with E-state index in [9.17, 15) is 9.18 Å². The quantitative estimate of drug-likeness (QED) is 0.883. The van der Waals surface area contributed by atoms with Gasteiger partial charge < -0.3 is 15.1 Å². The van der Waals surface area contributed by atoms with Crippen LogP contribution < -0.4 is 10.2 Å². The number of rotatable bonds is 2. The number of amides is 2. The highest BCUT2D eigenvalue weighted by Gasteiger charge is 2.24. The Morgan fingerprint density at radius 3 is 2.59 bits per heavy atom. The summed E-state index contributed by atoms with van der Waals surface area (Å²) in [4.78, 5) is 26.1. The lowest BCUT2D eigenvalue weighted by molar-refractivity contribution is 0.214. The Morgan fingerprint density at radius 2 is 1.81 bits per heavy atom. The van der Waals surface area contributed by atoms with Crippen LogP contribution in [0.2, 0.25) is 0 Å². The van der Waals surface area contributed by atoms with Gasteiger partial charge in [0.15, 0.2) is 0 Å². The van der Waals surface area contributed by atoms with Crippen LogP contribution in [0.1, 0.15) is 29.8 Å². The van der Waals surface area contributed by atoms with Crippen LogP contribution in [0.4, 0.5) is 20.8 Å². The summed E-state index contributed by atoms with van der Waals surface area (Å²) in [6.07, 6.45) is 3.77. The molecular weight excluding hydrogens is 345 g/mol. The lowest BCUT2D eigenvalue weighted by Gasteiger charge is -2.20. The summed E-state index contributed by atoms with van der Waals surface area (Å²) in [5.74, 6) is 0.383. The number of fused-ring (bicyclic) bond motifs is 1. The highest BCUT2D eigenvalue weighted by Crippen LogP contribution is 2.23. The van der Waals surface area contributed by atoms with Gasteiger partial charge >= 0.3 is 6.03 Å². The minimum Gasteiger partial charge on any atom is -0.341 e. The van der Waals surface area contributed by atoms with Gasteiger partial charge in [0.05, 0.1) is 11.4 Å². The number of hydrogen-bond donors (Lipinski definition) is 1. The molecule has 7 heteroatoms. The van der Waals surface area contributed by atoms with E-state index in [1.54, 1.807) is 23.1 Å². The molecule has 142 valence electrons. The van der Waals surface area contributed by atoms with E-state index in [1.165, 1.54) is 18.9 Å². The van der Waals surface area contributed by atoms with Crippen molar-refractivity contribution in [3.05, 3.63) is 47.0 Å². The maximum atomic E-state index is 13.8. The molecule has 1 aromatic heterocycles. The zero-order chi connectivity index (χ0) is 18.8. The first-order valence-electron chi connectivity index (χ1n) is 9.53. The Labute approximate surface area is 158 Å². The number of aromatic nitrogens is 2. The van der Waals surface area contributed by atoms with Gasteiger partial charge in [-0.2, -0.15) is 0 Å². The third-order valence-corrected chi connectivity index (χ3v) is 5.33. The molecule has 1 fully saturated rings. The standard InChI is InChI=1S/C20H24FN5O/c1-14-15-8-12-26(20(27)24-18-7-3-2-6-16(18)21)13-9-17(15)23-19(22-14)25-10-4-5-11-25/h2-3,6-7H,4-5,8-13H2,1H3,(H,24,27). The second-order valence-corrected chi connectivity index (χ2v) is 7.13. The van der Waals surface area contributed by atoms with Crippen molar-refractivity contribution >= 4 is 17.7 Å². The molecule has 2 aromatic rings. The van der Waals surface area contributed by atoms with E-state index in [0.717, 1.165) is 36.0 Å². The SMILES string of the molecule is Cc1nc(N2CCCC2)nc2c1CCN(C(=O)Nc1ccccc1F)CC2. The summed E-state index contributed by atoms with van der Waals surface area (Å²) >= 11 is 0. The smallest absolute Gasteiger partial charge is 0.321 e. The number of carbonyl (C=O) groups excluding carboxylic acids is 1. The zero-order valence-corrected chi connectivity index (χ0v) is 15.5. The average Bonchev–Trinajstić information content (AvgIpc) is 3.10. The second kappa shape index (κ2) is 7.50. The summed E-state index contributed by atoms with van der Waals surface area (Å²) in [6, 6.07) is 5.94. The van der Waals surface area contributed by atoms with Crippen molar-refractivity contribution in [2.45, 2.75) is 32.6 Å². The Morgan fingerprint density at radius 1 is 1.07 bits per heavy atom. The molecule has 4 rings (SSSR count). The predicted octanol–water partition coefficient (Wildman–Crippen LogP) is 3.16. The van der Waals surface area contributed by atoms with Crippen molar-refractivity contribution in [2.24, 2.45) is 0 Å². The lowest BCUT2D eigenvalue weighted by atomic mass is 10.1. The molecule has 1 aromatic carbocycles. The molecule has 3 heterocycles. The molecule has 0 bridgehead atoms. The molecule has 27 heavy (non-hydrogen) atoms. The molecule has 2 aliphatic heterocycles. The van der Waals surface area contributed by atoms with Gasteiger partial charge in [0, 0.05) is 38.3 Å². The summed E-state index contributed by atoms with van der Waals surface area (Å²) in [5.41, 5.74) is 3.37. The van der Waals surface area contributed by atoms with Gasteiger partial charge in [-0.25, -0.2) is 19.2 Å². The molecule has 0 saturated carbocycles. The van der Waals surface area contributed by atoms with Crippen molar-refractivity contribution in [3.63, 3.8) is 0 Å². The zero-order valence-electron chi connectivity index (χ0n) is 15.5. The Kier molecular flexibility index (Phi) is 4.92. The maximum Gasteiger partial charge on any atom is 0.321 e. The van der Waals surface area contributed by atoms with E-state index in [4.69, 9.17) is 9.97 Å². The van der Waals surface area contributed by atoms with Crippen molar-refractivity contribution in [1.29, 1.82) is 0 Å². The van der Waals surface area contributed by atoms with Crippen molar-refractivity contribution < 1.29 is 9.18 Å². The van der Waals surface area contributed by atoms with Gasteiger partial charge in [0.2, 0.25) is 5.95 Å². The first kappa shape index (κ1) is 17.7. The number of carbonyl (C=O) groups is 1. The van der Waals surface area contributed by atoms with Crippen LogP contribution >= 0.6 is 0 Å². The van der Waals surface area contributed by atoms with Crippen molar-refractivity contribution in [1.82, 2.24) is 14.9 Å². The molecule has 0 atom stereocenters. The number of para-hydroxylation sites is 1. The molecule has 0 spiro atoms. The fourth-order valence-electron chi connectivity index (χ4n) is 3.79. The molecule has 0 radical (unpaired) electrons. The summed E-state index contributed by atoms with van der Waals surface area (Å²) in [5, 5.41) is 2.67. The van der Waals surface area contributed by atoms with Crippen molar-refractivity contribution in [3.8, 4) is 0 Å². The predicted molar refractivity (Wildman–Crippen MR) is 103 cm³/mol. The molecule has 1 saturated heterocycles. The number of nitrogens with one attached hydrogen (secondary N) is 1. The fourth-order valence-corrected chi connectivity index (χ4v) is 3.79. The number of halogens is 1. The van der Waals surface area contributed by atoms with Gasteiger partial charge in [0.1, 0.15) is 5.82 Å². The fraction of sp³-hybridized carbons (Fsp3) is 0.450. The lowest BCUT2D eigenvalue weighted by Crippen LogP contribution is -2.37. The minimum atomic E-state index is -0.430. The third kappa shape index (κ3) is 3.72. The van der Waals surface area contributed by atoms with Gasteiger partial charge in [-0.15, -0.1) is 0 Å². The summed E-state index contributed by atoms with van der Waals surface area (Å²) < 4.78 is 13.8. The first-order chi connectivity index (χ1) is 13.1. The Hall–Kier alpha value is -2.70. The molecule has 2 aliphatic rings. The third-order valence-electron chi connectivity index (χ3n) is 5.33. The number of hydrogen-bond acceptors (Lipinski definition) is 4. The van der Waals surface area contributed by atoms with Crippen molar-refractivity contribution in [2.75, 3.05) is 36.4 Å². The highest BCUT2D eigenvalue weighted by atomic mass is 19.1. The van der Waals surface area contributed by atoms with Crippen LogP contribution in [0.15, 0.2) is 24.3 Å². The van der Waals surface area contributed by atoms with E-state index in [-0.39, 0.29) is 11.7 Å². The molecule has 6 nitrogen and oxygen atoms in total. The van der Waals surface area contributed by atoms with Gasteiger partial charge in [-0.1, -0.05) is 12.1 Å². The Balaban J connectivity index is 1.48.